The number of rotatable bonds is 8. The van der Waals surface area contributed by atoms with Crippen LogP contribution in [0.15, 0.2) is 29.3 Å². The van der Waals surface area contributed by atoms with Gasteiger partial charge < -0.3 is 20.1 Å². The van der Waals surface area contributed by atoms with Crippen molar-refractivity contribution in [1.82, 2.24) is 15.5 Å². The molecule has 2 rings (SSSR count). The summed E-state index contributed by atoms with van der Waals surface area (Å²) in [5.41, 5.74) is 0. The van der Waals surface area contributed by atoms with Gasteiger partial charge in [-0.3, -0.25) is 9.89 Å². The maximum absolute atomic E-state index is 6.06. The summed E-state index contributed by atoms with van der Waals surface area (Å²) in [5, 5.41) is 7.15. The summed E-state index contributed by atoms with van der Waals surface area (Å²) in [7, 11) is 0. The summed E-state index contributed by atoms with van der Waals surface area (Å²) >= 11 is 6.06. The summed E-state index contributed by atoms with van der Waals surface area (Å²) in [6.07, 6.45) is 0. The second-order valence-electron chi connectivity index (χ2n) is 5.42. The second-order valence-corrected chi connectivity index (χ2v) is 5.83. The maximum atomic E-state index is 6.06. The lowest BCUT2D eigenvalue weighted by Gasteiger charge is -2.25. The molecule has 0 unspecified atom stereocenters. The zero-order valence-electron chi connectivity index (χ0n) is 14.3. The third-order valence-electron chi connectivity index (χ3n) is 3.62. The molecule has 1 aliphatic rings. The fourth-order valence-corrected chi connectivity index (χ4v) is 2.55. The zero-order valence-corrected chi connectivity index (χ0v) is 15.0. The van der Waals surface area contributed by atoms with Gasteiger partial charge in [-0.05, 0) is 19.1 Å². The Balaban J connectivity index is 1.68. The summed E-state index contributed by atoms with van der Waals surface area (Å²) in [5.74, 6) is 1.52. The van der Waals surface area contributed by atoms with Crippen LogP contribution in [-0.4, -0.2) is 69.9 Å². The van der Waals surface area contributed by atoms with Crippen LogP contribution in [0, 0.1) is 0 Å². The van der Waals surface area contributed by atoms with Gasteiger partial charge in [-0.25, -0.2) is 0 Å². The van der Waals surface area contributed by atoms with Gasteiger partial charge in [0.15, 0.2) is 5.96 Å². The van der Waals surface area contributed by atoms with Crippen molar-refractivity contribution in [3.8, 4) is 5.75 Å². The average molecular weight is 355 g/mol. The highest BCUT2D eigenvalue weighted by molar-refractivity contribution is 6.32. The minimum absolute atomic E-state index is 0.525. The van der Waals surface area contributed by atoms with E-state index in [-0.39, 0.29) is 0 Å². The van der Waals surface area contributed by atoms with Gasteiger partial charge in [0.05, 0.1) is 31.3 Å². The predicted molar refractivity (Wildman–Crippen MR) is 98.2 cm³/mol. The largest absolute Gasteiger partial charge is 0.490 e. The third-order valence-corrected chi connectivity index (χ3v) is 3.94. The first-order valence-electron chi connectivity index (χ1n) is 8.49. The number of para-hydroxylation sites is 1. The van der Waals surface area contributed by atoms with E-state index in [1.165, 1.54) is 0 Å². The normalized spacial score (nSPS) is 16.0. The summed E-state index contributed by atoms with van der Waals surface area (Å²) < 4.78 is 11.0. The molecule has 7 heteroatoms. The first-order valence-corrected chi connectivity index (χ1v) is 8.87. The number of guanidine groups is 1. The lowest BCUT2D eigenvalue weighted by atomic mass is 10.3. The number of nitrogens with one attached hydrogen (secondary N) is 2. The molecule has 1 aromatic carbocycles. The molecule has 0 bridgehead atoms. The molecule has 2 N–H and O–H groups in total. The van der Waals surface area contributed by atoms with Crippen LogP contribution in [-0.2, 0) is 4.74 Å². The van der Waals surface area contributed by atoms with Crippen LogP contribution in [0.1, 0.15) is 6.92 Å². The first-order chi connectivity index (χ1) is 11.8. The third kappa shape index (κ3) is 6.95. The van der Waals surface area contributed by atoms with Crippen LogP contribution in [0.5, 0.6) is 5.75 Å². The lowest BCUT2D eigenvalue weighted by molar-refractivity contribution is 0.0394. The van der Waals surface area contributed by atoms with E-state index in [4.69, 9.17) is 21.1 Å². The van der Waals surface area contributed by atoms with Crippen molar-refractivity contribution in [1.29, 1.82) is 0 Å². The van der Waals surface area contributed by atoms with E-state index in [0.29, 0.717) is 23.9 Å². The molecule has 0 saturated carbocycles. The van der Waals surface area contributed by atoms with Crippen LogP contribution >= 0.6 is 11.6 Å². The molecule has 0 aromatic heterocycles. The standard InChI is InChI=1S/C17H27ClN4O2/c1-2-19-17(20-7-9-22-10-13-23-14-11-22)21-8-12-24-16-6-4-3-5-15(16)18/h3-6H,2,7-14H2,1H3,(H2,19,20,21). The highest BCUT2D eigenvalue weighted by Gasteiger charge is 2.09. The van der Waals surface area contributed by atoms with E-state index < -0.39 is 0 Å². The number of halogens is 1. The van der Waals surface area contributed by atoms with E-state index in [1.807, 2.05) is 24.3 Å². The van der Waals surface area contributed by atoms with Crippen LogP contribution in [0.3, 0.4) is 0 Å². The fraction of sp³-hybridized carbons (Fsp3) is 0.588. The SMILES string of the molecule is CCNC(=NCCN1CCOCC1)NCCOc1ccccc1Cl. The molecule has 0 aliphatic carbocycles. The lowest BCUT2D eigenvalue weighted by Crippen LogP contribution is -2.41. The Morgan fingerprint density at radius 1 is 1.29 bits per heavy atom. The van der Waals surface area contributed by atoms with E-state index in [2.05, 4.69) is 27.4 Å². The highest BCUT2D eigenvalue weighted by Crippen LogP contribution is 2.22. The molecule has 24 heavy (non-hydrogen) atoms. The minimum Gasteiger partial charge on any atom is -0.490 e. The van der Waals surface area contributed by atoms with Crippen molar-refractivity contribution in [2.75, 3.05) is 59.1 Å². The highest BCUT2D eigenvalue weighted by atomic mass is 35.5. The van der Waals surface area contributed by atoms with E-state index in [0.717, 1.165) is 51.9 Å². The van der Waals surface area contributed by atoms with Crippen molar-refractivity contribution in [3.05, 3.63) is 29.3 Å². The van der Waals surface area contributed by atoms with E-state index >= 15 is 0 Å². The number of morpholine rings is 1. The molecule has 0 radical (unpaired) electrons. The summed E-state index contributed by atoms with van der Waals surface area (Å²) in [4.78, 5) is 6.97. The summed E-state index contributed by atoms with van der Waals surface area (Å²) in [6, 6.07) is 7.48. The molecule has 1 fully saturated rings. The number of aliphatic imine (C=N–C) groups is 1. The number of nitrogens with zero attached hydrogens (tertiary/aromatic N) is 2. The molecule has 134 valence electrons. The van der Waals surface area contributed by atoms with Crippen molar-refractivity contribution in [2.24, 2.45) is 4.99 Å². The second kappa shape index (κ2) is 11.1. The minimum atomic E-state index is 0.525. The Hall–Kier alpha value is -1.50. The number of ether oxygens (including phenoxy) is 2. The molecule has 1 aliphatic heterocycles. The Morgan fingerprint density at radius 3 is 2.83 bits per heavy atom. The van der Waals surface area contributed by atoms with E-state index in [1.54, 1.807) is 0 Å². The van der Waals surface area contributed by atoms with Crippen molar-refractivity contribution < 1.29 is 9.47 Å². The van der Waals surface area contributed by atoms with Crippen molar-refractivity contribution >= 4 is 17.6 Å². The molecule has 1 aromatic rings. The van der Waals surface area contributed by atoms with Gasteiger partial charge in [-0.2, -0.15) is 0 Å². The Kier molecular flexibility index (Phi) is 8.73. The molecular formula is C17H27ClN4O2. The van der Waals surface area contributed by atoms with Crippen LogP contribution in [0.25, 0.3) is 0 Å². The van der Waals surface area contributed by atoms with E-state index in [9.17, 15) is 0 Å². The molecule has 0 atom stereocenters. The van der Waals surface area contributed by atoms with Crippen LogP contribution in [0.2, 0.25) is 5.02 Å². The van der Waals surface area contributed by atoms with Gasteiger partial charge in [-0.1, -0.05) is 23.7 Å². The number of hydrogen-bond donors (Lipinski definition) is 2. The van der Waals surface area contributed by atoms with Gasteiger partial charge in [0, 0.05) is 26.2 Å². The van der Waals surface area contributed by atoms with Gasteiger partial charge in [0.2, 0.25) is 0 Å². The van der Waals surface area contributed by atoms with Gasteiger partial charge in [0.1, 0.15) is 12.4 Å². The molecule has 0 amide bonds. The molecule has 6 nitrogen and oxygen atoms in total. The maximum Gasteiger partial charge on any atom is 0.191 e. The molecule has 1 heterocycles. The quantitative estimate of drug-likeness (QED) is 0.422. The van der Waals surface area contributed by atoms with Gasteiger partial charge in [0.25, 0.3) is 0 Å². The fourth-order valence-electron chi connectivity index (χ4n) is 2.36. The molecule has 0 spiro atoms. The van der Waals surface area contributed by atoms with Crippen molar-refractivity contribution in [3.63, 3.8) is 0 Å². The zero-order chi connectivity index (χ0) is 17.0. The average Bonchev–Trinajstić information content (AvgIpc) is 2.61. The van der Waals surface area contributed by atoms with Crippen LogP contribution in [0.4, 0.5) is 0 Å². The Morgan fingerprint density at radius 2 is 2.08 bits per heavy atom. The predicted octanol–water partition coefficient (Wildman–Crippen LogP) is 1.61. The number of hydrogen-bond acceptors (Lipinski definition) is 4. The Bertz CT molecular complexity index is 507. The first kappa shape index (κ1) is 18.8. The summed E-state index contributed by atoms with van der Waals surface area (Å²) in [6.45, 7) is 9.41. The van der Waals surface area contributed by atoms with Gasteiger partial charge >= 0.3 is 0 Å². The van der Waals surface area contributed by atoms with Crippen molar-refractivity contribution in [2.45, 2.75) is 6.92 Å². The monoisotopic (exact) mass is 354 g/mol. The molecular weight excluding hydrogens is 328 g/mol. The smallest absolute Gasteiger partial charge is 0.191 e. The van der Waals surface area contributed by atoms with Crippen LogP contribution < -0.4 is 15.4 Å². The topological polar surface area (TPSA) is 58.1 Å². The number of benzene rings is 1. The van der Waals surface area contributed by atoms with Gasteiger partial charge in [-0.15, -0.1) is 0 Å². The Labute approximate surface area is 149 Å². The molecule has 1 saturated heterocycles.